The Morgan fingerprint density at radius 3 is 2.57 bits per heavy atom. The van der Waals surface area contributed by atoms with E-state index in [2.05, 4.69) is 18.7 Å². The van der Waals surface area contributed by atoms with Crippen molar-refractivity contribution >= 4 is 5.97 Å². The predicted molar refractivity (Wildman–Crippen MR) is 82.5 cm³/mol. The number of carboxylic acids is 1. The smallest absolute Gasteiger partial charge is 0.315 e. The maximum atomic E-state index is 11.9. The lowest BCUT2D eigenvalue weighted by Gasteiger charge is -2.44. The minimum Gasteiger partial charge on any atom is -0.481 e. The highest BCUT2D eigenvalue weighted by molar-refractivity contribution is 5.81. The zero-order chi connectivity index (χ0) is 15.7. The van der Waals surface area contributed by atoms with Gasteiger partial charge in [-0.1, -0.05) is 30.3 Å². The van der Waals surface area contributed by atoms with Crippen LogP contribution in [0.2, 0.25) is 0 Å². The molecule has 4 nitrogen and oxygen atoms in total. The van der Waals surface area contributed by atoms with Gasteiger partial charge in [-0.05, 0) is 33.3 Å². The Hall–Kier alpha value is -1.39. The zero-order valence-electron chi connectivity index (χ0n) is 13.3. The second kappa shape index (κ2) is 5.78. The Kier molecular flexibility index (Phi) is 4.40. The van der Waals surface area contributed by atoms with Gasteiger partial charge in [-0.25, -0.2) is 0 Å². The summed E-state index contributed by atoms with van der Waals surface area (Å²) in [5, 5.41) is 9.75. The number of aliphatic carboxylic acids is 1. The summed E-state index contributed by atoms with van der Waals surface area (Å²) in [4.78, 5) is 14.1. The van der Waals surface area contributed by atoms with Crippen molar-refractivity contribution in [2.45, 2.75) is 44.8 Å². The molecular formula is C17H25NO3. The van der Waals surface area contributed by atoms with Crippen molar-refractivity contribution in [3.8, 4) is 0 Å². The monoisotopic (exact) mass is 291 g/mol. The Morgan fingerprint density at radius 2 is 2.05 bits per heavy atom. The third-order valence-electron chi connectivity index (χ3n) is 4.06. The average Bonchev–Trinajstić information content (AvgIpc) is 2.36. The van der Waals surface area contributed by atoms with E-state index in [1.54, 1.807) is 6.92 Å². The van der Waals surface area contributed by atoms with Crippen LogP contribution in [0, 0.1) is 0 Å². The first-order valence-electron chi connectivity index (χ1n) is 7.42. The quantitative estimate of drug-likeness (QED) is 0.926. The van der Waals surface area contributed by atoms with Crippen LogP contribution in [-0.4, -0.2) is 47.3 Å². The van der Waals surface area contributed by atoms with Crippen molar-refractivity contribution in [1.82, 2.24) is 4.90 Å². The molecule has 1 fully saturated rings. The van der Waals surface area contributed by atoms with Crippen LogP contribution >= 0.6 is 0 Å². The lowest BCUT2D eigenvalue weighted by atomic mass is 9.81. The van der Waals surface area contributed by atoms with Crippen molar-refractivity contribution in [2.24, 2.45) is 0 Å². The first kappa shape index (κ1) is 16.0. The molecule has 1 saturated heterocycles. The molecule has 1 aromatic carbocycles. The van der Waals surface area contributed by atoms with Gasteiger partial charge in [0.2, 0.25) is 0 Å². The third kappa shape index (κ3) is 3.63. The molecule has 0 saturated carbocycles. The molecular weight excluding hydrogens is 266 g/mol. The van der Waals surface area contributed by atoms with Crippen LogP contribution < -0.4 is 0 Å². The predicted octanol–water partition coefficient (Wildman–Crippen LogP) is 2.53. The number of carbonyl (C=O) groups is 1. The van der Waals surface area contributed by atoms with Gasteiger partial charge in [-0.3, -0.25) is 9.69 Å². The molecule has 0 bridgehead atoms. The van der Waals surface area contributed by atoms with Crippen LogP contribution in [0.25, 0.3) is 0 Å². The van der Waals surface area contributed by atoms with Gasteiger partial charge in [-0.15, -0.1) is 0 Å². The highest BCUT2D eigenvalue weighted by Gasteiger charge is 2.40. The summed E-state index contributed by atoms with van der Waals surface area (Å²) >= 11 is 0. The minimum atomic E-state index is -0.908. The Morgan fingerprint density at radius 1 is 1.43 bits per heavy atom. The second-order valence-electron chi connectivity index (χ2n) is 6.86. The second-order valence-corrected chi connectivity index (χ2v) is 6.86. The van der Waals surface area contributed by atoms with Gasteiger partial charge < -0.3 is 9.84 Å². The molecule has 1 N–H and O–H groups in total. The van der Waals surface area contributed by atoms with Crippen LogP contribution in [0.3, 0.4) is 0 Å². The Labute approximate surface area is 126 Å². The van der Waals surface area contributed by atoms with Gasteiger partial charge in [0.25, 0.3) is 0 Å². The number of benzene rings is 1. The van der Waals surface area contributed by atoms with Crippen LogP contribution in [-0.2, 0) is 14.9 Å². The highest BCUT2D eigenvalue weighted by Crippen LogP contribution is 2.29. The largest absolute Gasteiger partial charge is 0.481 e. The van der Waals surface area contributed by atoms with E-state index >= 15 is 0 Å². The van der Waals surface area contributed by atoms with Crippen molar-refractivity contribution in [3.63, 3.8) is 0 Å². The van der Waals surface area contributed by atoms with Crippen LogP contribution in [0.5, 0.6) is 0 Å². The molecule has 1 aliphatic heterocycles. The molecule has 116 valence electrons. The first-order chi connectivity index (χ1) is 9.73. The number of carboxylic acid groups (broad SMARTS) is 1. The van der Waals surface area contributed by atoms with E-state index in [-0.39, 0.29) is 11.7 Å². The molecule has 1 heterocycles. The van der Waals surface area contributed by atoms with E-state index < -0.39 is 11.4 Å². The Balaban J connectivity index is 2.23. The molecule has 0 spiro atoms. The lowest BCUT2D eigenvalue weighted by molar-refractivity contribution is -0.151. The number of morpholine rings is 1. The normalized spacial score (nSPS) is 25.2. The fourth-order valence-corrected chi connectivity index (χ4v) is 3.24. The summed E-state index contributed by atoms with van der Waals surface area (Å²) < 4.78 is 5.90. The molecule has 2 atom stereocenters. The fourth-order valence-electron chi connectivity index (χ4n) is 3.24. The lowest BCUT2D eigenvalue weighted by Crippen LogP contribution is -2.56. The molecule has 1 aliphatic rings. The van der Waals surface area contributed by atoms with Gasteiger partial charge in [0, 0.05) is 19.6 Å². The number of hydrogen-bond donors (Lipinski definition) is 1. The standard InChI is InChI=1S/C17H25NO3/c1-13-10-18(11-16(2,3)21-13)12-17(4,15(19)20)14-8-6-5-7-9-14/h5-9,13H,10-12H2,1-4H3,(H,19,20). The highest BCUT2D eigenvalue weighted by atomic mass is 16.5. The molecule has 0 amide bonds. The molecule has 0 radical (unpaired) electrons. The summed E-state index contributed by atoms with van der Waals surface area (Å²) in [5.74, 6) is -0.786. The van der Waals surface area contributed by atoms with Gasteiger partial charge in [0.15, 0.2) is 0 Å². The zero-order valence-corrected chi connectivity index (χ0v) is 13.3. The van der Waals surface area contributed by atoms with Crippen LogP contribution in [0.15, 0.2) is 30.3 Å². The average molecular weight is 291 g/mol. The summed E-state index contributed by atoms with van der Waals surface area (Å²) in [6, 6.07) is 9.47. The van der Waals surface area contributed by atoms with Gasteiger partial charge in [-0.2, -0.15) is 0 Å². The van der Waals surface area contributed by atoms with E-state index in [0.717, 1.165) is 18.7 Å². The van der Waals surface area contributed by atoms with Crippen molar-refractivity contribution in [2.75, 3.05) is 19.6 Å². The fraction of sp³-hybridized carbons (Fsp3) is 0.588. The van der Waals surface area contributed by atoms with Gasteiger partial charge in [0.1, 0.15) is 5.41 Å². The molecule has 4 heteroatoms. The maximum absolute atomic E-state index is 11.9. The summed E-state index contributed by atoms with van der Waals surface area (Å²) in [5.41, 5.74) is -0.309. The number of nitrogens with zero attached hydrogens (tertiary/aromatic N) is 1. The van der Waals surface area contributed by atoms with Crippen molar-refractivity contribution < 1.29 is 14.6 Å². The van der Waals surface area contributed by atoms with E-state index in [1.807, 2.05) is 37.3 Å². The molecule has 2 unspecified atom stereocenters. The Bertz CT molecular complexity index is 500. The molecule has 2 rings (SSSR count). The molecule has 0 aromatic heterocycles. The number of rotatable bonds is 4. The number of ether oxygens (including phenoxy) is 1. The van der Waals surface area contributed by atoms with E-state index in [4.69, 9.17) is 4.74 Å². The molecule has 0 aliphatic carbocycles. The molecule has 1 aromatic rings. The van der Waals surface area contributed by atoms with Crippen molar-refractivity contribution in [3.05, 3.63) is 35.9 Å². The minimum absolute atomic E-state index is 0.113. The van der Waals surface area contributed by atoms with E-state index in [1.165, 1.54) is 0 Å². The van der Waals surface area contributed by atoms with E-state index in [0.29, 0.717) is 6.54 Å². The summed E-state index contributed by atoms with van der Waals surface area (Å²) in [7, 11) is 0. The third-order valence-corrected chi connectivity index (χ3v) is 4.06. The molecule has 21 heavy (non-hydrogen) atoms. The summed E-state index contributed by atoms with van der Waals surface area (Å²) in [6.07, 6.45) is 0.113. The van der Waals surface area contributed by atoms with Gasteiger partial charge in [0.05, 0.1) is 11.7 Å². The SMILES string of the molecule is CC1CN(CC(C)(C(=O)O)c2ccccc2)CC(C)(C)O1. The van der Waals surface area contributed by atoms with E-state index in [9.17, 15) is 9.90 Å². The maximum Gasteiger partial charge on any atom is 0.315 e. The van der Waals surface area contributed by atoms with Gasteiger partial charge >= 0.3 is 5.97 Å². The summed E-state index contributed by atoms with van der Waals surface area (Å²) in [6.45, 7) is 9.94. The topological polar surface area (TPSA) is 49.8 Å². The van der Waals surface area contributed by atoms with Crippen molar-refractivity contribution in [1.29, 1.82) is 0 Å². The number of hydrogen-bond acceptors (Lipinski definition) is 3. The first-order valence-corrected chi connectivity index (χ1v) is 7.42. The van der Waals surface area contributed by atoms with Crippen LogP contribution in [0.1, 0.15) is 33.3 Å². The van der Waals surface area contributed by atoms with Crippen LogP contribution in [0.4, 0.5) is 0 Å².